The minimum Gasteiger partial charge on any atom is -0.399 e. The number of nitrogens with one attached hydrogen (secondary N) is 1. The second kappa shape index (κ2) is 12.8. The Morgan fingerprint density at radius 3 is 1.89 bits per heavy atom. The highest BCUT2D eigenvalue weighted by atomic mass is 32.2. The third-order valence-electron chi connectivity index (χ3n) is 7.47. The van der Waals surface area contributed by atoms with Crippen LogP contribution in [-0.2, 0) is 0 Å². The number of nitrogens with two attached hydrogens (primary N) is 1. The first-order valence-corrected chi connectivity index (χ1v) is 15.5. The zero-order valence-electron chi connectivity index (χ0n) is 24.3. The Bertz CT molecular complexity index is 1840. The van der Waals surface area contributed by atoms with Crippen LogP contribution in [0.3, 0.4) is 0 Å². The molecule has 226 valence electrons. The highest BCUT2D eigenvalue weighted by molar-refractivity contribution is 7.99. The van der Waals surface area contributed by atoms with Gasteiger partial charge >= 0.3 is 0 Å². The Kier molecular flexibility index (Phi) is 8.93. The molecule has 4 amide bonds. The molecule has 2 aliphatic heterocycles. The summed E-state index contributed by atoms with van der Waals surface area (Å²) in [5, 5.41) is 16.9. The maximum absolute atomic E-state index is 13.1. The van der Waals surface area contributed by atoms with Crippen molar-refractivity contribution in [3.05, 3.63) is 93.0 Å². The van der Waals surface area contributed by atoms with Crippen molar-refractivity contribution in [2.45, 2.75) is 13.8 Å². The largest absolute Gasteiger partial charge is 0.399 e. The van der Waals surface area contributed by atoms with Gasteiger partial charge in [-0.2, -0.15) is 11.8 Å². The van der Waals surface area contributed by atoms with E-state index in [1.807, 2.05) is 19.9 Å². The van der Waals surface area contributed by atoms with E-state index in [0.29, 0.717) is 63.1 Å². The van der Waals surface area contributed by atoms with E-state index in [-0.39, 0.29) is 36.2 Å². The summed E-state index contributed by atoms with van der Waals surface area (Å²) in [4.78, 5) is 65.5. The Labute approximate surface area is 257 Å². The van der Waals surface area contributed by atoms with Gasteiger partial charge in [-0.05, 0) is 35.0 Å². The van der Waals surface area contributed by atoms with E-state index in [1.165, 1.54) is 17.0 Å². The van der Waals surface area contributed by atoms with Crippen molar-refractivity contribution >= 4 is 68.3 Å². The second-order valence-corrected chi connectivity index (χ2v) is 11.2. The number of imide groups is 2. The average Bonchev–Trinajstić information content (AvgIpc) is 3.02. The zero-order valence-corrected chi connectivity index (χ0v) is 25.1. The van der Waals surface area contributed by atoms with Crippen LogP contribution < -0.4 is 11.1 Å². The molecule has 44 heavy (non-hydrogen) atoms. The van der Waals surface area contributed by atoms with E-state index >= 15 is 0 Å². The van der Waals surface area contributed by atoms with E-state index in [0.717, 1.165) is 10.3 Å². The molecule has 2 aliphatic rings. The molecule has 0 saturated carbocycles. The van der Waals surface area contributed by atoms with Crippen LogP contribution in [0.2, 0.25) is 0 Å². The molecule has 0 fully saturated rings. The predicted molar refractivity (Wildman–Crippen MR) is 171 cm³/mol. The number of nitro groups is 1. The molecule has 6 rings (SSSR count). The summed E-state index contributed by atoms with van der Waals surface area (Å²) in [6.07, 6.45) is 0. The molecule has 0 atom stereocenters. The summed E-state index contributed by atoms with van der Waals surface area (Å²) in [7, 11) is 0. The van der Waals surface area contributed by atoms with Gasteiger partial charge in [0, 0.05) is 77.4 Å². The number of hydrogen-bond acceptors (Lipinski definition) is 9. The third kappa shape index (κ3) is 5.49. The lowest BCUT2D eigenvalue weighted by Crippen LogP contribution is -2.44. The van der Waals surface area contributed by atoms with Crippen LogP contribution in [0.15, 0.2) is 60.7 Å². The molecule has 0 aliphatic carbocycles. The van der Waals surface area contributed by atoms with Crippen LogP contribution in [0.25, 0.3) is 21.5 Å². The van der Waals surface area contributed by atoms with Gasteiger partial charge in [-0.15, -0.1) is 0 Å². The van der Waals surface area contributed by atoms with Crippen LogP contribution in [-0.4, -0.2) is 76.0 Å². The van der Waals surface area contributed by atoms with Gasteiger partial charge in [0.05, 0.1) is 16.1 Å². The van der Waals surface area contributed by atoms with Crippen LogP contribution in [0.4, 0.5) is 11.4 Å². The highest BCUT2D eigenvalue weighted by Crippen LogP contribution is 2.34. The van der Waals surface area contributed by atoms with Crippen molar-refractivity contribution in [3.8, 4) is 0 Å². The number of nitro benzene ring substituents is 1. The molecule has 0 saturated heterocycles. The first-order valence-electron chi connectivity index (χ1n) is 14.3. The molecule has 4 aromatic rings. The Balaban J connectivity index is 0.00000188. The number of nitrogen functional groups attached to an aromatic ring is 1. The zero-order chi connectivity index (χ0) is 31.5. The SMILES string of the molecule is CC.Nc1cc2c3c(cccc3c1)C(=O)N(CCSCCNCCN1C(=O)c3cccc4cc([N+](=O)[O-])cc(c34)C1=O)C2=O. The lowest BCUT2D eigenvalue weighted by Gasteiger charge is -2.27. The fourth-order valence-corrected chi connectivity index (χ4v) is 6.36. The molecule has 12 heteroatoms. The van der Waals surface area contributed by atoms with Gasteiger partial charge in [-0.3, -0.25) is 39.1 Å². The molecule has 0 unspecified atom stereocenters. The van der Waals surface area contributed by atoms with E-state index in [2.05, 4.69) is 5.32 Å². The van der Waals surface area contributed by atoms with Gasteiger partial charge < -0.3 is 11.1 Å². The third-order valence-corrected chi connectivity index (χ3v) is 8.43. The van der Waals surface area contributed by atoms with Gasteiger partial charge in [-0.1, -0.05) is 38.1 Å². The Morgan fingerprint density at radius 1 is 0.727 bits per heavy atom. The molecule has 0 spiro atoms. The molecule has 0 bridgehead atoms. The monoisotopic (exact) mass is 613 g/mol. The number of non-ortho nitro benzene ring substituents is 1. The summed E-state index contributed by atoms with van der Waals surface area (Å²) >= 11 is 1.56. The summed E-state index contributed by atoms with van der Waals surface area (Å²) < 4.78 is 0. The van der Waals surface area contributed by atoms with Crippen LogP contribution in [0.1, 0.15) is 55.3 Å². The van der Waals surface area contributed by atoms with Crippen molar-refractivity contribution in [2.24, 2.45) is 0 Å². The molecule has 11 nitrogen and oxygen atoms in total. The fraction of sp³-hybridized carbons (Fsp3) is 0.250. The van der Waals surface area contributed by atoms with Crippen molar-refractivity contribution in [2.75, 3.05) is 43.4 Å². The standard InChI is InChI=1S/C30H25N5O6S.C2H6/c31-19-13-17-3-1-5-21-25(17)23(15-19)29(38)34(28(21)37)10-12-42-11-8-32-7-9-33-27(36)22-6-2-4-18-14-20(35(40)41)16-24(26(18)22)30(33)39;1-2/h1-6,13-16,32H,7-12,31H2;1-2H3. The number of anilines is 1. The summed E-state index contributed by atoms with van der Waals surface area (Å²) in [5.74, 6) is -0.453. The lowest BCUT2D eigenvalue weighted by molar-refractivity contribution is -0.384. The fourth-order valence-electron chi connectivity index (χ4n) is 5.55. The van der Waals surface area contributed by atoms with E-state index in [1.54, 1.807) is 54.2 Å². The number of hydrogen-bond donors (Lipinski definition) is 2. The topological polar surface area (TPSA) is 156 Å². The molecular weight excluding hydrogens is 582 g/mol. The number of carbonyl (C=O) groups excluding carboxylic acids is 4. The van der Waals surface area contributed by atoms with Crippen molar-refractivity contribution in [1.29, 1.82) is 0 Å². The average molecular weight is 614 g/mol. The number of thioether (sulfide) groups is 1. The number of rotatable bonds is 10. The normalized spacial score (nSPS) is 13.9. The van der Waals surface area contributed by atoms with Gasteiger partial charge in [-0.25, -0.2) is 0 Å². The van der Waals surface area contributed by atoms with E-state index < -0.39 is 16.7 Å². The van der Waals surface area contributed by atoms with Crippen molar-refractivity contribution < 1.29 is 24.1 Å². The van der Waals surface area contributed by atoms with E-state index in [9.17, 15) is 29.3 Å². The van der Waals surface area contributed by atoms with Gasteiger partial charge in [0.15, 0.2) is 0 Å². The van der Waals surface area contributed by atoms with Crippen LogP contribution in [0, 0.1) is 10.1 Å². The smallest absolute Gasteiger partial charge is 0.270 e. The van der Waals surface area contributed by atoms with E-state index in [4.69, 9.17) is 5.73 Å². The summed E-state index contributed by atoms with van der Waals surface area (Å²) in [6.45, 7) is 5.26. The van der Waals surface area contributed by atoms with Gasteiger partial charge in [0.25, 0.3) is 29.3 Å². The van der Waals surface area contributed by atoms with Crippen molar-refractivity contribution in [1.82, 2.24) is 15.1 Å². The maximum Gasteiger partial charge on any atom is 0.270 e. The molecule has 0 aromatic heterocycles. The number of amides is 4. The van der Waals surface area contributed by atoms with Gasteiger partial charge in [0.1, 0.15) is 0 Å². The summed E-state index contributed by atoms with van der Waals surface area (Å²) in [5.41, 5.74) is 7.66. The Hall–Kier alpha value is -4.81. The number of nitrogens with zero attached hydrogens (tertiary/aromatic N) is 3. The lowest BCUT2D eigenvalue weighted by atomic mass is 9.93. The number of carbonyl (C=O) groups is 4. The van der Waals surface area contributed by atoms with Crippen LogP contribution >= 0.6 is 11.8 Å². The quantitative estimate of drug-likeness (QED) is 0.0849. The Morgan fingerprint density at radius 2 is 1.27 bits per heavy atom. The molecular formula is C32H31N5O6S. The summed E-state index contributed by atoms with van der Waals surface area (Å²) in [6, 6.07) is 16.2. The molecule has 3 N–H and O–H groups in total. The van der Waals surface area contributed by atoms with Crippen LogP contribution in [0.5, 0.6) is 0 Å². The first kappa shape index (κ1) is 30.6. The number of benzene rings is 4. The predicted octanol–water partition coefficient (Wildman–Crippen LogP) is 4.72. The molecule has 0 radical (unpaired) electrons. The minimum atomic E-state index is -0.557. The minimum absolute atomic E-state index is 0.103. The molecule has 2 heterocycles. The maximum atomic E-state index is 13.1. The highest BCUT2D eigenvalue weighted by Gasteiger charge is 2.34. The van der Waals surface area contributed by atoms with Crippen molar-refractivity contribution in [3.63, 3.8) is 0 Å². The second-order valence-electron chi connectivity index (χ2n) is 10.0. The molecule has 4 aromatic carbocycles. The van der Waals surface area contributed by atoms with Gasteiger partial charge in [0.2, 0.25) is 0 Å². The first-order chi connectivity index (χ1) is 21.3.